The Hall–Kier alpha value is -1.00. The van der Waals surface area contributed by atoms with E-state index in [1.165, 1.54) is 10.5 Å². The number of nitrogens with one attached hydrogen (secondary N) is 2. The number of carbonyl (C=O) groups excluding carboxylic acids is 1. The van der Waals surface area contributed by atoms with Gasteiger partial charge in [0.05, 0.1) is 0 Å². The summed E-state index contributed by atoms with van der Waals surface area (Å²) in [5.41, 5.74) is 1.25. The summed E-state index contributed by atoms with van der Waals surface area (Å²) in [4.78, 5) is 12.7. The van der Waals surface area contributed by atoms with Crippen molar-refractivity contribution in [2.75, 3.05) is 12.8 Å². The first-order valence-corrected chi connectivity index (χ1v) is 7.47. The second kappa shape index (κ2) is 8.16. The first kappa shape index (κ1) is 15.1. The Morgan fingerprint density at radius 1 is 1.28 bits per heavy atom. The van der Waals surface area contributed by atoms with Gasteiger partial charge in [-0.15, -0.1) is 11.8 Å². The molecule has 0 fully saturated rings. The summed E-state index contributed by atoms with van der Waals surface area (Å²) < 4.78 is 0. The van der Waals surface area contributed by atoms with Crippen LogP contribution in [0.1, 0.15) is 25.8 Å². The van der Waals surface area contributed by atoms with Crippen LogP contribution in [-0.2, 0) is 11.3 Å². The molecule has 100 valence electrons. The highest BCUT2D eigenvalue weighted by atomic mass is 32.2. The Bertz CT molecular complexity index is 363. The molecule has 0 radical (unpaired) electrons. The SMILES string of the molecule is CSc1ccc(CNCCC(=O)NC(C)C)cc1. The maximum Gasteiger partial charge on any atom is 0.221 e. The third kappa shape index (κ3) is 6.07. The zero-order chi connectivity index (χ0) is 13.4. The van der Waals surface area contributed by atoms with E-state index in [0.29, 0.717) is 13.0 Å². The standard InChI is InChI=1S/C14H22N2OS/c1-11(2)16-14(17)8-9-15-10-12-4-6-13(18-3)7-5-12/h4-7,11,15H,8-10H2,1-3H3,(H,16,17). The van der Waals surface area contributed by atoms with Gasteiger partial charge in [0.1, 0.15) is 0 Å². The highest BCUT2D eigenvalue weighted by Gasteiger charge is 2.02. The van der Waals surface area contributed by atoms with E-state index in [4.69, 9.17) is 0 Å². The van der Waals surface area contributed by atoms with Gasteiger partial charge in [-0.2, -0.15) is 0 Å². The van der Waals surface area contributed by atoms with Gasteiger partial charge in [0.15, 0.2) is 0 Å². The van der Waals surface area contributed by atoms with Crippen LogP contribution in [0.5, 0.6) is 0 Å². The van der Waals surface area contributed by atoms with Gasteiger partial charge < -0.3 is 10.6 Å². The van der Waals surface area contributed by atoms with Crippen LogP contribution in [0.15, 0.2) is 29.2 Å². The first-order valence-electron chi connectivity index (χ1n) is 6.25. The van der Waals surface area contributed by atoms with Crippen LogP contribution in [0.25, 0.3) is 0 Å². The zero-order valence-corrected chi connectivity index (χ0v) is 12.1. The van der Waals surface area contributed by atoms with Gasteiger partial charge in [0.25, 0.3) is 0 Å². The van der Waals surface area contributed by atoms with Crippen LogP contribution in [0.2, 0.25) is 0 Å². The van der Waals surface area contributed by atoms with Crippen LogP contribution in [0.3, 0.4) is 0 Å². The molecule has 3 nitrogen and oxygen atoms in total. The summed E-state index contributed by atoms with van der Waals surface area (Å²) in [5, 5.41) is 6.15. The predicted molar refractivity (Wildman–Crippen MR) is 77.8 cm³/mol. The topological polar surface area (TPSA) is 41.1 Å². The molecule has 0 aliphatic carbocycles. The number of benzene rings is 1. The van der Waals surface area contributed by atoms with Gasteiger partial charge >= 0.3 is 0 Å². The summed E-state index contributed by atoms with van der Waals surface area (Å²) in [6.07, 6.45) is 2.60. The molecule has 18 heavy (non-hydrogen) atoms. The fourth-order valence-electron chi connectivity index (χ4n) is 1.57. The Morgan fingerprint density at radius 2 is 1.94 bits per heavy atom. The quantitative estimate of drug-likeness (QED) is 0.588. The third-order valence-corrected chi connectivity index (χ3v) is 3.21. The van der Waals surface area contributed by atoms with E-state index in [2.05, 4.69) is 41.2 Å². The second-order valence-electron chi connectivity index (χ2n) is 4.50. The van der Waals surface area contributed by atoms with Crippen molar-refractivity contribution < 1.29 is 4.79 Å². The summed E-state index contributed by atoms with van der Waals surface area (Å²) in [7, 11) is 0. The molecule has 0 atom stereocenters. The van der Waals surface area contributed by atoms with Gasteiger partial charge in [-0.25, -0.2) is 0 Å². The average Bonchev–Trinajstić information content (AvgIpc) is 2.34. The lowest BCUT2D eigenvalue weighted by Gasteiger charge is -2.09. The highest BCUT2D eigenvalue weighted by Crippen LogP contribution is 2.14. The maximum atomic E-state index is 11.4. The molecule has 2 N–H and O–H groups in total. The van der Waals surface area contributed by atoms with E-state index in [0.717, 1.165) is 6.54 Å². The molecule has 0 aliphatic rings. The van der Waals surface area contributed by atoms with E-state index in [1.54, 1.807) is 11.8 Å². The van der Waals surface area contributed by atoms with Crippen molar-refractivity contribution in [3.8, 4) is 0 Å². The van der Waals surface area contributed by atoms with E-state index in [-0.39, 0.29) is 11.9 Å². The van der Waals surface area contributed by atoms with Gasteiger partial charge in [0.2, 0.25) is 5.91 Å². The number of hydrogen-bond donors (Lipinski definition) is 2. The number of rotatable bonds is 7. The fourth-order valence-corrected chi connectivity index (χ4v) is 1.98. The Kier molecular flexibility index (Phi) is 6.83. The van der Waals surface area contributed by atoms with Crippen molar-refractivity contribution in [1.29, 1.82) is 0 Å². The molecule has 1 aromatic rings. The van der Waals surface area contributed by atoms with Crippen LogP contribution < -0.4 is 10.6 Å². The molecular weight excluding hydrogens is 244 g/mol. The lowest BCUT2D eigenvalue weighted by molar-refractivity contribution is -0.121. The smallest absolute Gasteiger partial charge is 0.221 e. The largest absolute Gasteiger partial charge is 0.354 e. The molecule has 0 unspecified atom stereocenters. The molecule has 1 aromatic carbocycles. The predicted octanol–water partition coefficient (Wildman–Crippen LogP) is 2.41. The fraction of sp³-hybridized carbons (Fsp3) is 0.500. The molecular formula is C14H22N2OS. The summed E-state index contributed by atoms with van der Waals surface area (Å²) in [5.74, 6) is 0.107. The van der Waals surface area contributed by atoms with Gasteiger partial charge in [-0.1, -0.05) is 12.1 Å². The van der Waals surface area contributed by atoms with E-state index >= 15 is 0 Å². The van der Waals surface area contributed by atoms with Crippen LogP contribution in [0.4, 0.5) is 0 Å². The molecule has 0 aromatic heterocycles. The molecule has 1 amide bonds. The van der Waals surface area contributed by atoms with Crippen molar-refractivity contribution >= 4 is 17.7 Å². The van der Waals surface area contributed by atoms with Crippen molar-refractivity contribution in [3.63, 3.8) is 0 Å². The lowest BCUT2D eigenvalue weighted by Crippen LogP contribution is -2.32. The number of amides is 1. The van der Waals surface area contributed by atoms with E-state index in [1.807, 2.05) is 13.8 Å². The number of hydrogen-bond acceptors (Lipinski definition) is 3. The molecule has 1 rings (SSSR count). The molecule has 0 bridgehead atoms. The monoisotopic (exact) mass is 266 g/mol. The summed E-state index contributed by atoms with van der Waals surface area (Å²) in [6, 6.07) is 8.69. The van der Waals surface area contributed by atoms with E-state index < -0.39 is 0 Å². The van der Waals surface area contributed by atoms with Gasteiger partial charge in [-0.05, 0) is 37.8 Å². The summed E-state index contributed by atoms with van der Waals surface area (Å²) in [6.45, 7) is 5.46. The van der Waals surface area contributed by atoms with Crippen molar-refractivity contribution in [2.24, 2.45) is 0 Å². The zero-order valence-electron chi connectivity index (χ0n) is 11.3. The number of carbonyl (C=O) groups is 1. The summed E-state index contributed by atoms with van der Waals surface area (Å²) >= 11 is 1.74. The second-order valence-corrected chi connectivity index (χ2v) is 5.38. The van der Waals surface area contributed by atoms with E-state index in [9.17, 15) is 4.79 Å². The normalized spacial score (nSPS) is 10.7. The Labute approximate surface area is 114 Å². The van der Waals surface area contributed by atoms with Gasteiger partial charge in [-0.3, -0.25) is 4.79 Å². The molecule has 0 aliphatic heterocycles. The maximum absolute atomic E-state index is 11.4. The molecule has 0 saturated heterocycles. The Morgan fingerprint density at radius 3 is 2.50 bits per heavy atom. The van der Waals surface area contributed by atoms with Crippen LogP contribution in [-0.4, -0.2) is 24.7 Å². The van der Waals surface area contributed by atoms with Crippen molar-refractivity contribution in [3.05, 3.63) is 29.8 Å². The average molecular weight is 266 g/mol. The Balaban J connectivity index is 2.19. The number of thioether (sulfide) groups is 1. The first-order chi connectivity index (χ1) is 8.61. The van der Waals surface area contributed by atoms with Gasteiger partial charge in [0, 0.05) is 30.4 Å². The molecule has 0 heterocycles. The molecule has 0 spiro atoms. The molecule has 4 heteroatoms. The molecule has 0 saturated carbocycles. The minimum Gasteiger partial charge on any atom is -0.354 e. The van der Waals surface area contributed by atoms with Crippen molar-refractivity contribution in [2.45, 2.75) is 37.8 Å². The van der Waals surface area contributed by atoms with Crippen LogP contribution >= 0.6 is 11.8 Å². The van der Waals surface area contributed by atoms with Crippen molar-refractivity contribution in [1.82, 2.24) is 10.6 Å². The third-order valence-electron chi connectivity index (χ3n) is 2.47. The minimum absolute atomic E-state index is 0.107. The minimum atomic E-state index is 0.107. The van der Waals surface area contributed by atoms with Crippen LogP contribution in [0, 0.1) is 0 Å². The highest BCUT2D eigenvalue weighted by molar-refractivity contribution is 7.98. The lowest BCUT2D eigenvalue weighted by atomic mass is 10.2.